The number of rotatable bonds is 16. The molecular formula is C48H57FN6O10S. The van der Waals surface area contributed by atoms with Gasteiger partial charge < -0.3 is 29.5 Å². The molecule has 1 unspecified atom stereocenters. The van der Waals surface area contributed by atoms with E-state index in [-0.39, 0.29) is 71.8 Å². The zero-order valence-electron chi connectivity index (χ0n) is 37.6. The fourth-order valence-corrected chi connectivity index (χ4v) is 11.2. The number of carbonyl (C=O) groups is 6. The second-order valence-electron chi connectivity index (χ2n) is 18.0. The van der Waals surface area contributed by atoms with Gasteiger partial charge in [0.15, 0.2) is 11.5 Å². The number of benzene rings is 3. The lowest BCUT2D eigenvalue weighted by Gasteiger charge is -2.42. The average molecular weight is 929 g/mol. The molecule has 3 aromatic carbocycles. The number of sulfone groups is 1. The van der Waals surface area contributed by atoms with Gasteiger partial charge in [0.25, 0.3) is 17.7 Å². The van der Waals surface area contributed by atoms with Crippen LogP contribution in [0.25, 0.3) is 0 Å². The van der Waals surface area contributed by atoms with Crippen molar-refractivity contribution < 1.29 is 51.0 Å². The van der Waals surface area contributed by atoms with Crippen LogP contribution in [0.5, 0.6) is 11.5 Å². The summed E-state index contributed by atoms with van der Waals surface area (Å²) in [6, 6.07) is 11.1. The van der Waals surface area contributed by atoms with Crippen molar-refractivity contribution in [2.45, 2.75) is 95.3 Å². The summed E-state index contributed by atoms with van der Waals surface area (Å²) in [6.45, 7) is 6.72. The summed E-state index contributed by atoms with van der Waals surface area (Å²) in [7, 11) is -2.21. The third-order valence-electron chi connectivity index (χ3n) is 13.7. The topological polar surface area (TPSA) is 192 Å². The van der Waals surface area contributed by atoms with Crippen LogP contribution in [0.3, 0.4) is 0 Å². The number of ether oxygens (including phenoxy) is 2. The van der Waals surface area contributed by atoms with Gasteiger partial charge in [-0.1, -0.05) is 18.2 Å². The van der Waals surface area contributed by atoms with Gasteiger partial charge in [-0.05, 0) is 138 Å². The lowest BCUT2D eigenvalue weighted by atomic mass is 9.86. The number of hydrogen-bond donors (Lipinski definition) is 2. The van der Waals surface area contributed by atoms with Crippen molar-refractivity contribution >= 4 is 51.0 Å². The van der Waals surface area contributed by atoms with Crippen LogP contribution in [-0.2, 0) is 30.8 Å². The molecule has 0 saturated carbocycles. The summed E-state index contributed by atoms with van der Waals surface area (Å²) >= 11 is 0. The number of anilines is 1. The van der Waals surface area contributed by atoms with Gasteiger partial charge in [-0.15, -0.1) is 0 Å². The molecule has 2 N–H and O–H groups in total. The molecule has 16 nitrogen and oxygen atoms in total. The first-order valence-corrected chi connectivity index (χ1v) is 24.9. The summed E-state index contributed by atoms with van der Waals surface area (Å²) < 4.78 is 51.9. The fourth-order valence-electron chi connectivity index (χ4n) is 10.3. The average Bonchev–Trinajstić information content (AvgIpc) is 3.74. The molecule has 18 heteroatoms. The first-order valence-electron chi connectivity index (χ1n) is 22.9. The molecule has 3 aromatic rings. The van der Waals surface area contributed by atoms with Gasteiger partial charge in [-0.2, -0.15) is 0 Å². The van der Waals surface area contributed by atoms with Crippen molar-refractivity contribution in [1.29, 1.82) is 0 Å². The van der Waals surface area contributed by atoms with Gasteiger partial charge >= 0.3 is 0 Å². The number of nitrogens with zero attached hydrogens (tertiary/aromatic N) is 4. The molecule has 8 rings (SSSR count). The third kappa shape index (κ3) is 9.86. The molecule has 2 atom stereocenters. The SMILES string of the molecule is CCOc1cc([C@@H](CS(C)(=O)=O)N2C(=O)c3cccc(NC(=O)CCCCN4CCC(N5CCC(c6cc7c(cc6F)C(=O)N(C6CCC(=O)NC6=O)C7)CC5)CC4)c3C2=O)ccc1OC. The van der Waals surface area contributed by atoms with Crippen molar-refractivity contribution in [1.82, 2.24) is 24.9 Å². The molecule has 352 valence electrons. The van der Waals surface area contributed by atoms with Crippen molar-refractivity contribution in [2.75, 3.05) is 63.8 Å². The number of imide groups is 2. The van der Waals surface area contributed by atoms with Crippen molar-refractivity contribution in [2.24, 2.45) is 0 Å². The van der Waals surface area contributed by atoms with Crippen LogP contribution in [0.1, 0.15) is 124 Å². The molecule has 66 heavy (non-hydrogen) atoms. The summed E-state index contributed by atoms with van der Waals surface area (Å²) in [6.07, 6.45) is 6.72. The molecule has 0 spiro atoms. The predicted molar refractivity (Wildman–Crippen MR) is 241 cm³/mol. The van der Waals surface area contributed by atoms with Crippen LogP contribution < -0.4 is 20.1 Å². The number of likely N-dealkylation sites (tertiary alicyclic amines) is 2. The molecule has 5 aliphatic heterocycles. The lowest BCUT2D eigenvalue weighted by Crippen LogP contribution is -2.52. The van der Waals surface area contributed by atoms with Crippen molar-refractivity contribution in [3.63, 3.8) is 0 Å². The van der Waals surface area contributed by atoms with Crippen molar-refractivity contribution in [3.05, 3.63) is 87.7 Å². The van der Waals surface area contributed by atoms with Gasteiger partial charge in [0.1, 0.15) is 21.7 Å². The van der Waals surface area contributed by atoms with E-state index in [2.05, 4.69) is 20.4 Å². The maximum Gasteiger partial charge on any atom is 0.264 e. The molecule has 0 aliphatic carbocycles. The number of methoxy groups -OCH3 is 1. The van der Waals surface area contributed by atoms with Crippen LogP contribution in [0.15, 0.2) is 48.5 Å². The zero-order chi connectivity index (χ0) is 46.9. The second-order valence-corrected chi connectivity index (χ2v) is 20.2. The molecule has 0 aromatic heterocycles. The summed E-state index contributed by atoms with van der Waals surface area (Å²) in [5.41, 5.74) is 2.30. The Hall–Kier alpha value is -5.72. The highest BCUT2D eigenvalue weighted by Gasteiger charge is 2.44. The maximum absolute atomic E-state index is 15.5. The van der Waals surface area contributed by atoms with E-state index in [1.165, 1.54) is 24.1 Å². The largest absolute Gasteiger partial charge is 0.493 e. The molecule has 3 saturated heterocycles. The van der Waals surface area contributed by atoms with E-state index >= 15 is 4.39 Å². The Bertz CT molecular complexity index is 2540. The monoisotopic (exact) mass is 928 g/mol. The molecule has 0 radical (unpaired) electrons. The molecule has 3 fully saturated rings. The Morgan fingerprint density at radius 1 is 0.894 bits per heavy atom. The minimum Gasteiger partial charge on any atom is -0.493 e. The maximum atomic E-state index is 15.5. The Kier molecular flexibility index (Phi) is 13.9. The first-order chi connectivity index (χ1) is 31.6. The third-order valence-corrected chi connectivity index (χ3v) is 14.6. The van der Waals surface area contributed by atoms with Crippen molar-refractivity contribution in [3.8, 4) is 11.5 Å². The summed E-state index contributed by atoms with van der Waals surface area (Å²) in [4.78, 5) is 85.7. The number of fused-ring (bicyclic) bond motifs is 2. The van der Waals surface area contributed by atoms with E-state index in [1.807, 2.05) is 6.07 Å². The molecule has 0 bridgehead atoms. The lowest BCUT2D eigenvalue weighted by molar-refractivity contribution is -0.137. The van der Waals surface area contributed by atoms with Gasteiger partial charge in [0.05, 0.1) is 42.3 Å². The quantitative estimate of drug-likeness (QED) is 0.147. The number of nitrogens with one attached hydrogen (secondary N) is 2. The van der Waals surface area contributed by atoms with E-state index in [9.17, 15) is 37.2 Å². The minimum atomic E-state index is -3.69. The van der Waals surface area contributed by atoms with Crippen LogP contribution in [0, 0.1) is 5.82 Å². The number of amides is 6. The molecule has 5 heterocycles. The number of halogens is 1. The van der Waals surface area contributed by atoms with Gasteiger partial charge in [0, 0.05) is 37.2 Å². The van der Waals surface area contributed by atoms with Crippen LogP contribution in [0.4, 0.5) is 10.1 Å². The normalized spacial score (nSPS) is 20.4. The van der Waals surface area contributed by atoms with E-state index in [4.69, 9.17) is 9.47 Å². The molecular weight excluding hydrogens is 872 g/mol. The molecule has 6 amide bonds. The smallest absolute Gasteiger partial charge is 0.264 e. The fraction of sp³-hybridized carbons (Fsp3) is 0.500. The van der Waals surface area contributed by atoms with Gasteiger partial charge in [-0.25, -0.2) is 12.8 Å². The Morgan fingerprint density at radius 2 is 1.65 bits per heavy atom. The van der Waals surface area contributed by atoms with E-state index in [1.54, 1.807) is 37.3 Å². The zero-order valence-corrected chi connectivity index (χ0v) is 38.4. The highest BCUT2D eigenvalue weighted by molar-refractivity contribution is 7.90. The van der Waals surface area contributed by atoms with E-state index in [0.29, 0.717) is 41.7 Å². The van der Waals surface area contributed by atoms with Gasteiger partial charge in [0.2, 0.25) is 17.7 Å². The Balaban J connectivity index is 0.790. The standard InChI is InChI=1S/C48H57FN6O10S/c1-4-65-41-25-30(11-13-40(41)64-2)39(28-66(3,62)63)55-47(60)33-8-7-9-37(44(33)48(55)61)50-42(56)10-5-6-19-52-20-17-32(18-21-52)53-22-15-29(16-23-53)34-24-31-27-54(46(59)35(31)26-36(34)49)38-12-14-43(57)51-45(38)58/h7-9,11,13,24-26,29,32,38-39H,4-6,10,12,14-23,27-28H2,1-3H3,(H,50,56)(H,51,57,58)/t38?,39-/m1/s1. The van der Waals surface area contributed by atoms with Crippen LogP contribution in [0.2, 0.25) is 0 Å². The minimum absolute atomic E-state index is 0.0214. The summed E-state index contributed by atoms with van der Waals surface area (Å²) in [5, 5.41) is 5.14. The Morgan fingerprint density at radius 3 is 2.35 bits per heavy atom. The van der Waals surface area contributed by atoms with E-state index < -0.39 is 51.2 Å². The second kappa shape index (κ2) is 19.6. The number of unbranched alkanes of at least 4 members (excludes halogenated alkanes) is 1. The number of hydrogen-bond acceptors (Lipinski definition) is 12. The first kappa shape index (κ1) is 46.8. The Labute approximate surface area is 384 Å². The number of piperidine rings is 3. The number of carbonyl (C=O) groups excluding carboxylic acids is 6. The van der Waals surface area contributed by atoms with Crippen LogP contribution >= 0.6 is 0 Å². The highest BCUT2D eigenvalue weighted by atomic mass is 32.2. The van der Waals surface area contributed by atoms with E-state index in [0.717, 1.165) is 81.5 Å². The van der Waals surface area contributed by atoms with Crippen LogP contribution in [-0.4, -0.2) is 134 Å². The predicted octanol–water partition coefficient (Wildman–Crippen LogP) is 4.83. The van der Waals surface area contributed by atoms with Gasteiger partial charge in [-0.3, -0.25) is 39.0 Å². The summed E-state index contributed by atoms with van der Waals surface area (Å²) in [5.74, 6) is -2.98. The molecule has 5 aliphatic rings. The highest BCUT2D eigenvalue weighted by Crippen LogP contribution is 2.40.